The smallest absolute Gasteiger partial charge is 0.200 e. The Morgan fingerprint density at radius 2 is 0.505 bits per heavy atom. The number of benzene rings is 10. The van der Waals surface area contributed by atoms with Gasteiger partial charge in [-0.25, -0.2) is 22.8 Å². The van der Waals surface area contributed by atoms with Crippen LogP contribution in [-0.2, 0) is 35.2 Å². The SMILES string of the molecule is Cc1cc(C)c(C)c(-c2c3ccc(C(C)C)cc3cc[n+]2C)c1.Cc1cc(C)c(C)c(-c2c3ccccc3cc[n+]2C)c1.[2H]C([2H])([2H])c1cc(C)cc(-c2c3ccc(C([2H])(C)C([2H])([2H])[2H])cc3cc[n+]2C)c1C.[2H]C([2H])([2H])c1cc(C)cc(-c2c3ccc(C([2H])(C)C)cc3cc[n+]2C)c1C.[2H]C([2H])([2H])c1cc(C)cc(-c2c3ccccc3cc[n+]2C)c1C. The molecule has 0 aliphatic heterocycles. The Labute approximate surface area is 672 Å². The van der Waals surface area contributed by atoms with Crippen molar-refractivity contribution in [3.8, 4) is 56.3 Å². The molecule has 0 fully saturated rings. The van der Waals surface area contributed by atoms with Crippen LogP contribution in [0.4, 0.5) is 0 Å². The van der Waals surface area contributed by atoms with Crippen molar-refractivity contribution in [1.29, 1.82) is 0 Å². The van der Waals surface area contributed by atoms with Crippen LogP contribution in [0.1, 0.15) is 179 Å². The molecule has 0 N–H and O–H groups in total. The van der Waals surface area contributed by atoms with Crippen molar-refractivity contribution >= 4 is 53.9 Å². The number of aryl methyl sites for hydroxylation is 15. The molecule has 0 spiro atoms. The van der Waals surface area contributed by atoms with Crippen molar-refractivity contribution in [1.82, 2.24) is 0 Å². The number of pyridine rings is 5. The fourth-order valence-corrected chi connectivity index (χ4v) is 15.2. The Bertz CT molecular complexity index is 6570. The molecule has 15 rings (SSSR count). The van der Waals surface area contributed by atoms with Crippen LogP contribution < -0.4 is 22.8 Å². The molecule has 0 saturated heterocycles. The largest absolute Gasteiger partial charge is 0.220 e. The molecule has 0 aliphatic rings. The van der Waals surface area contributed by atoms with Gasteiger partial charge >= 0.3 is 0 Å². The third-order valence-corrected chi connectivity index (χ3v) is 21.8. The summed E-state index contributed by atoms with van der Waals surface area (Å²) in [7, 11) is 10.1. The standard InChI is InChI=1S/3C22H26N.2C19H20N/c3*1-14(2)18-7-8-20-19(13-18)9-10-23(6)22(20)21-12-15(3)11-16(4)17(21)5;2*1-13-11-14(2)15(3)18(12-13)19-17-8-6-5-7-16(17)9-10-20(19)4/h3*7-14H,1-6H3;2*5-12H,1-4H3/q5*+1/i1D3,4D3,14D;4D3,14D;;2D3;. The van der Waals surface area contributed by atoms with Crippen LogP contribution in [-0.4, -0.2) is 0 Å². The second-order valence-corrected chi connectivity index (χ2v) is 30.7. The molecule has 0 amide bonds. The van der Waals surface area contributed by atoms with Crippen molar-refractivity contribution in [2.45, 2.75) is 163 Å². The molecule has 5 heteroatoms. The van der Waals surface area contributed by atoms with Gasteiger partial charge in [0.15, 0.2) is 31.0 Å². The molecule has 5 aromatic heterocycles. The predicted molar refractivity (Wildman–Crippen MR) is 466 cm³/mol. The molecule has 10 aromatic carbocycles. The monoisotopic (exact) mass is 1450 g/mol. The van der Waals surface area contributed by atoms with Crippen LogP contribution >= 0.6 is 0 Å². The molecule has 0 bridgehead atoms. The van der Waals surface area contributed by atoms with Crippen LogP contribution in [0.15, 0.2) is 225 Å². The van der Waals surface area contributed by atoms with Gasteiger partial charge in [-0.2, -0.15) is 0 Å². The molecule has 5 nitrogen and oxygen atoms in total. The topological polar surface area (TPSA) is 19.4 Å². The Hall–Kier alpha value is -10.8. The third-order valence-electron chi connectivity index (χ3n) is 21.8. The second-order valence-electron chi connectivity index (χ2n) is 30.7. The summed E-state index contributed by atoms with van der Waals surface area (Å²) in [5.74, 6) is -1.84. The molecular formula is C104H118N5+5. The average Bonchev–Trinajstić information content (AvgIpc) is 0.757. The zero-order valence-corrected chi connectivity index (χ0v) is 68.2. The summed E-state index contributed by atoms with van der Waals surface area (Å²) in [4.78, 5) is 0. The molecule has 15 aromatic rings. The first-order valence-electron chi connectivity index (χ1n) is 44.8. The highest BCUT2D eigenvalue weighted by Crippen LogP contribution is 2.38. The number of aromatic nitrogens is 5. The Morgan fingerprint density at radius 1 is 0.257 bits per heavy atom. The van der Waals surface area contributed by atoms with E-state index in [-0.39, 0.29) is 0 Å². The number of hydrogen-bond acceptors (Lipinski definition) is 0. The van der Waals surface area contributed by atoms with Gasteiger partial charge in [0.25, 0.3) is 0 Å². The molecule has 109 heavy (non-hydrogen) atoms. The lowest BCUT2D eigenvalue weighted by molar-refractivity contribution is -0.659. The minimum atomic E-state index is -2.45. The van der Waals surface area contributed by atoms with Gasteiger partial charge in [-0.1, -0.05) is 172 Å². The van der Waals surface area contributed by atoms with E-state index in [0.717, 1.165) is 99.5 Å². The lowest BCUT2D eigenvalue weighted by Crippen LogP contribution is -2.30. The summed E-state index contributed by atoms with van der Waals surface area (Å²) >= 11 is 0. The van der Waals surface area contributed by atoms with E-state index in [9.17, 15) is 0 Å². The van der Waals surface area contributed by atoms with Gasteiger partial charge < -0.3 is 0 Å². The molecule has 5 heterocycles. The van der Waals surface area contributed by atoms with Crippen molar-refractivity contribution in [2.75, 3.05) is 0 Å². The number of nitrogens with zero attached hydrogens (tertiary/aromatic N) is 5. The van der Waals surface area contributed by atoms with Gasteiger partial charge in [-0.15, -0.1) is 0 Å². The van der Waals surface area contributed by atoms with E-state index >= 15 is 0 Å². The van der Waals surface area contributed by atoms with E-state index < -0.39 is 39.2 Å². The summed E-state index contributed by atoms with van der Waals surface area (Å²) in [6.07, 6.45) is 10.2. The summed E-state index contributed by atoms with van der Waals surface area (Å²) in [6, 6.07) is 65.9. The average molecular weight is 1450 g/mol. The van der Waals surface area contributed by atoms with Gasteiger partial charge in [-0.05, 0) is 281 Å². The molecule has 0 radical (unpaired) electrons. The van der Waals surface area contributed by atoms with E-state index in [1.165, 1.54) is 89.9 Å². The van der Waals surface area contributed by atoms with Crippen molar-refractivity contribution in [2.24, 2.45) is 35.2 Å². The maximum Gasteiger partial charge on any atom is 0.220 e. The summed E-state index contributed by atoms with van der Waals surface area (Å²) < 4.78 is 121. The normalized spacial score (nSPS) is 14.3. The van der Waals surface area contributed by atoms with Gasteiger partial charge in [-0.3, -0.25) is 0 Å². The van der Waals surface area contributed by atoms with Crippen LogP contribution in [0.25, 0.3) is 110 Å². The van der Waals surface area contributed by atoms with E-state index in [1.54, 1.807) is 30.3 Å². The van der Waals surface area contributed by atoms with E-state index in [4.69, 9.17) is 19.2 Å². The highest BCUT2D eigenvalue weighted by Gasteiger charge is 2.25. The van der Waals surface area contributed by atoms with Gasteiger partial charge in [0, 0.05) is 49.5 Å². The van der Waals surface area contributed by atoms with Gasteiger partial charge in [0.2, 0.25) is 28.5 Å². The first-order chi connectivity index (χ1) is 57.3. The summed E-state index contributed by atoms with van der Waals surface area (Å²) in [5.41, 5.74) is 28.0. The third kappa shape index (κ3) is 17.1. The molecular weight excluding hydrogens is 1320 g/mol. The van der Waals surface area contributed by atoms with Gasteiger partial charge in [0.05, 0.1) is 54.7 Å². The van der Waals surface area contributed by atoms with Crippen molar-refractivity contribution in [3.63, 3.8) is 0 Å². The van der Waals surface area contributed by atoms with Crippen LogP contribution in [0.5, 0.6) is 0 Å². The zero-order chi connectivity index (χ0) is 90.6. The van der Waals surface area contributed by atoms with Gasteiger partial charge in [0.1, 0.15) is 35.2 Å². The first kappa shape index (κ1) is 62.2. The fourth-order valence-electron chi connectivity index (χ4n) is 15.2. The molecule has 0 aliphatic carbocycles. The Balaban J connectivity index is 0.000000151. The minimum absolute atomic E-state index is 0.326. The van der Waals surface area contributed by atoms with Crippen LogP contribution in [0.3, 0.4) is 0 Å². The van der Waals surface area contributed by atoms with E-state index in [0.29, 0.717) is 33.7 Å². The highest BCUT2D eigenvalue weighted by molar-refractivity contribution is 5.98. The van der Waals surface area contributed by atoms with Crippen LogP contribution in [0, 0.1) is 104 Å². The lowest BCUT2D eigenvalue weighted by Gasteiger charge is -2.12. The quantitative estimate of drug-likeness (QED) is 0.135. The highest BCUT2D eigenvalue weighted by atomic mass is 14.9. The summed E-state index contributed by atoms with van der Waals surface area (Å²) in [5, 5.41) is 11.3. The Morgan fingerprint density at radius 3 is 0.789 bits per heavy atom. The summed E-state index contributed by atoms with van der Waals surface area (Å²) in [6.45, 7) is 25.3. The lowest BCUT2D eigenvalue weighted by atomic mass is 9.93. The molecule has 1 atom stereocenters. The van der Waals surface area contributed by atoms with Crippen molar-refractivity contribution in [3.05, 3.63) is 325 Å². The molecule has 0 saturated carbocycles. The van der Waals surface area contributed by atoms with E-state index in [2.05, 4.69) is 211 Å². The van der Waals surface area contributed by atoms with Crippen LogP contribution in [0.2, 0.25) is 0 Å². The van der Waals surface area contributed by atoms with E-state index in [1.807, 2.05) is 153 Å². The second kappa shape index (κ2) is 33.4. The molecule has 554 valence electrons. The number of rotatable bonds is 8. The maximum atomic E-state index is 8.38. The maximum absolute atomic E-state index is 8.38. The number of fused-ring (bicyclic) bond motifs is 5. The fraction of sp³-hybridized carbons (Fsp3) is 0.279. The number of hydrogen-bond donors (Lipinski definition) is 0. The minimum Gasteiger partial charge on any atom is -0.200 e. The zero-order valence-electron chi connectivity index (χ0n) is 82.2. The first-order valence-corrected chi connectivity index (χ1v) is 37.8. The van der Waals surface area contributed by atoms with Crippen molar-refractivity contribution < 1.29 is 42.0 Å². The predicted octanol–water partition coefficient (Wildman–Crippen LogP) is 24.7. The Kier molecular flexibility index (Phi) is 19.0. The molecule has 1 unspecified atom stereocenters.